The number of ether oxygens (including phenoxy) is 1. The Morgan fingerprint density at radius 3 is 2.85 bits per heavy atom. The zero-order valence-corrected chi connectivity index (χ0v) is 16.3. The molecule has 1 aliphatic carbocycles. The molecular weight excluding hydrogens is 366 g/mol. The number of nitrogens with zero attached hydrogens (tertiary/aromatic N) is 1. The maximum atomic E-state index is 12.8. The fourth-order valence-electron chi connectivity index (χ4n) is 4.59. The molecule has 27 heavy (non-hydrogen) atoms. The second kappa shape index (κ2) is 7.55. The summed E-state index contributed by atoms with van der Waals surface area (Å²) >= 11 is 6.33. The van der Waals surface area contributed by atoms with Gasteiger partial charge in [-0.3, -0.25) is 4.79 Å². The fraction of sp³-hybridized carbons (Fsp3) is 0.524. The standard InChI is InChI=1S/C21H24ClNO4/c1-13-9-21(25)27-18-11-19(16(22)10-15(13)18)26-12-20(24)23-8-4-6-14-5-2-3-7-17(14)23/h9-11,14,17H,2-8,12H2,1H3/t14-,17+/m0/s1. The Bertz CT molecular complexity index is 920. The highest BCUT2D eigenvalue weighted by atomic mass is 35.5. The monoisotopic (exact) mass is 389 g/mol. The van der Waals surface area contributed by atoms with Gasteiger partial charge in [0.15, 0.2) is 6.61 Å². The van der Waals surface area contributed by atoms with Crippen LogP contribution in [0, 0.1) is 12.8 Å². The lowest BCUT2D eigenvalue weighted by Gasteiger charge is -2.44. The largest absolute Gasteiger partial charge is 0.482 e. The molecule has 0 radical (unpaired) electrons. The highest BCUT2D eigenvalue weighted by molar-refractivity contribution is 6.32. The number of hydrogen-bond donors (Lipinski definition) is 0. The van der Waals surface area contributed by atoms with Crippen molar-refractivity contribution in [1.82, 2.24) is 4.90 Å². The van der Waals surface area contributed by atoms with Crippen molar-refractivity contribution in [2.24, 2.45) is 5.92 Å². The van der Waals surface area contributed by atoms with Crippen molar-refractivity contribution in [2.75, 3.05) is 13.2 Å². The van der Waals surface area contributed by atoms with Crippen molar-refractivity contribution in [1.29, 1.82) is 0 Å². The molecule has 0 bridgehead atoms. The van der Waals surface area contributed by atoms with Gasteiger partial charge in [0.25, 0.3) is 5.91 Å². The van der Waals surface area contributed by atoms with Crippen molar-refractivity contribution >= 4 is 28.5 Å². The lowest BCUT2D eigenvalue weighted by atomic mass is 9.78. The summed E-state index contributed by atoms with van der Waals surface area (Å²) in [5, 5.41) is 1.17. The average Bonchev–Trinajstić information content (AvgIpc) is 2.66. The van der Waals surface area contributed by atoms with Crippen molar-refractivity contribution in [2.45, 2.75) is 51.5 Å². The van der Waals surface area contributed by atoms with E-state index in [2.05, 4.69) is 0 Å². The predicted molar refractivity (Wildman–Crippen MR) is 104 cm³/mol. The minimum absolute atomic E-state index is 0.00783. The summed E-state index contributed by atoms with van der Waals surface area (Å²) in [5.41, 5.74) is 0.792. The van der Waals surface area contributed by atoms with Gasteiger partial charge in [0.05, 0.1) is 5.02 Å². The molecular formula is C21H24ClNO4. The number of carbonyl (C=O) groups excluding carboxylic acids is 1. The molecule has 5 nitrogen and oxygen atoms in total. The molecule has 4 rings (SSSR count). The van der Waals surface area contributed by atoms with E-state index in [4.69, 9.17) is 20.8 Å². The highest BCUT2D eigenvalue weighted by Gasteiger charge is 2.35. The third-order valence-corrected chi connectivity index (χ3v) is 6.21. The second-order valence-electron chi connectivity index (χ2n) is 7.66. The van der Waals surface area contributed by atoms with Gasteiger partial charge in [0.2, 0.25) is 0 Å². The molecule has 1 saturated heterocycles. The molecule has 0 unspecified atom stereocenters. The molecule has 1 aromatic heterocycles. The molecule has 2 heterocycles. The minimum atomic E-state index is -0.416. The number of aryl methyl sites for hydroxylation is 1. The van der Waals surface area contributed by atoms with Gasteiger partial charge in [-0.1, -0.05) is 24.4 Å². The molecule has 2 fully saturated rings. The first kappa shape index (κ1) is 18.4. The summed E-state index contributed by atoms with van der Waals surface area (Å²) in [4.78, 5) is 26.4. The van der Waals surface area contributed by atoms with E-state index in [1.807, 2.05) is 11.8 Å². The molecule has 6 heteroatoms. The second-order valence-corrected chi connectivity index (χ2v) is 8.06. The molecule has 0 spiro atoms. The van der Waals surface area contributed by atoms with Gasteiger partial charge in [-0.25, -0.2) is 4.79 Å². The van der Waals surface area contributed by atoms with E-state index < -0.39 is 5.63 Å². The first-order chi connectivity index (χ1) is 13.0. The molecule has 1 saturated carbocycles. The van der Waals surface area contributed by atoms with Crippen molar-refractivity contribution in [3.05, 3.63) is 39.2 Å². The zero-order valence-electron chi connectivity index (χ0n) is 15.5. The van der Waals surface area contributed by atoms with Crippen LogP contribution >= 0.6 is 11.6 Å². The topological polar surface area (TPSA) is 59.8 Å². The number of likely N-dealkylation sites (tertiary alicyclic amines) is 1. The van der Waals surface area contributed by atoms with Gasteiger partial charge >= 0.3 is 5.63 Å². The number of piperidine rings is 1. The van der Waals surface area contributed by atoms with E-state index in [1.54, 1.807) is 12.1 Å². The summed E-state index contributed by atoms with van der Waals surface area (Å²) < 4.78 is 11.0. The summed E-state index contributed by atoms with van der Waals surface area (Å²) in [6.45, 7) is 2.59. The van der Waals surface area contributed by atoms with E-state index in [0.29, 0.717) is 28.3 Å². The Labute approximate surface area is 163 Å². The summed E-state index contributed by atoms with van der Waals surface area (Å²) in [6, 6.07) is 5.10. The van der Waals surface area contributed by atoms with Crippen LogP contribution in [-0.2, 0) is 4.79 Å². The van der Waals surface area contributed by atoms with Gasteiger partial charge in [0, 0.05) is 30.1 Å². The van der Waals surface area contributed by atoms with Crippen LogP contribution in [0.15, 0.2) is 27.4 Å². The molecule has 2 aliphatic rings. The first-order valence-corrected chi connectivity index (χ1v) is 10.1. The first-order valence-electron chi connectivity index (χ1n) is 9.69. The third-order valence-electron chi connectivity index (χ3n) is 5.92. The Balaban J connectivity index is 1.50. The summed E-state index contributed by atoms with van der Waals surface area (Å²) in [5.74, 6) is 1.01. The van der Waals surface area contributed by atoms with Gasteiger partial charge in [0.1, 0.15) is 11.3 Å². The van der Waals surface area contributed by atoms with Crippen LogP contribution < -0.4 is 10.4 Å². The predicted octanol–water partition coefficient (Wildman–Crippen LogP) is 4.31. The Morgan fingerprint density at radius 1 is 1.22 bits per heavy atom. The van der Waals surface area contributed by atoms with Crippen molar-refractivity contribution < 1.29 is 13.9 Å². The van der Waals surface area contributed by atoms with Crippen LogP contribution in [0.1, 0.15) is 44.1 Å². The maximum absolute atomic E-state index is 12.8. The number of hydrogen-bond acceptors (Lipinski definition) is 4. The van der Waals surface area contributed by atoms with Crippen LogP contribution in [0.4, 0.5) is 0 Å². The third kappa shape index (κ3) is 3.70. The lowest BCUT2D eigenvalue weighted by molar-refractivity contribution is -0.139. The van der Waals surface area contributed by atoms with Gasteiger partial charge in [-0.2, -0.15) is 0 Å². The van der Waals surface area contributed by atoms with Crippen LogP contribution in [0.5, 0.6) is 5.75 Å². The van der Waals surface area contributed by atoms with E-state index >= 15 is 0 Å². The summed E-state index contributed by atoms with van der Waals surface area (Å²) in [7, 11) is 0. The van der Waals surface area contributed by atoms with Crippen molar-refractivity contribution in [3.8, 4) is 5.75 Å². The van der Waals surface area contributed by atoms with Gasteiger partial charge in [-0.15, -0.1) is 0 Å². The smallest absolute Gasteiger partial charge is 0.336 e. The number of carbonyl (C=O) groups is 1. The quantitative estimate of drug-likeness (QED) is 0.734. The van der Waals surface area contributed by atoms with E-state index in [1.165, 1.54) is 31.7 Å². The average molecular weight is 390 g/mol. The molecule has 0 N–H and O–H groups in total. The summed E-state index contributed by atoms with van der Waals surface area (Å²) in [6.07, 6.45) is 7.08. The number of amides is 1. The van der Waals surface area contributed by atoms with E-state index in [9.17, 15) is 9.59 Å². The molecule has 1 aromatic carbocycles. The SMILES string of the molecule is Cc1cc(=O)oc2cc(OCC(=O)N3CCC[C@@H]4CCCC[C@H]43)c(Cl)cc12. The lowest BCUT2D eigenvalue weighted by Crippen LogP contribution is -2.51. The zero-order chi connectivity index (χ0) is 19.0. The molecule has 1 aliphatic heterocycles. The number of benzene rings is 1. The normalized spacial score (nSPS) is 22.5. The van der Waals surface area contributed by atoms with Crippen LogP contribution in [0.25, 0.3) is 11.0 Å². The van der Waals surface area contributed by atoms with E-state index in [0.717, 1.165) is 30.3 Å². The number of halogens is 1. The van der Waals surface area contributed by atoms with E-state index in [-0.39, 0.29) is 12.5 Å². The van der Waals surface area contributed by atoms with Crippen LogP contribution in [-0.4, -0.2) is 30.0 Å². The molecule has 144 valence electrons. The Kier molecular flexibility index (Phi) is 5.13. The maximum Gasteiger partial charge on any atom is 0.336 e. The molecule has 2 atom stereocenters. The number of fused-ring (bicyclic) bond motifs is 2. The fourth-order valence-corrected chi connectivity index (χ4v) is 4.81. The Hall–Kier alpha value is -2.01. The minimum Gasteiger partial charge on any atom is -0.482 e. The Morgan fingerprint density at radius 2 is 2.00 bits per heavy atom. The molecule has 1 amide bonds. The van der Waals surface area contributed by atoms with Crippen molar-refractivity contribution in [3.63, 3.8) is 0 Å². The number of rotatable bonds is 3. The van der Waals surface area contributed by atoms with Crippen LogP contribution in [0.2, 0.25) is 5.02 Å². The highest BCUT2D eigenvalue weighted by Crippen LogP contribution is 2.36. The van der Waals surface area contributed by atoms with Gasteiger partial charge in [-0.05, 0) is 50.2 Å². The van der Waals surface area contributed by atoms with Crippen LogP contribution in [0.3, 0.4) is 0 Å². The molecule has 2 aromatic rings. The van der Waals surface area contributed by atoms with Gasteiger partial charge < -0.3 is 14.1 Å².